The lowest BCUT2D eigenvalue weighted by molar-refractivity contribution is -0.139. The fourth-order valence-corrected chi connectivity index (χ4v) is 5.05. The van der Waals surface area contributed by atoms with Gasteiger partial charge in [-0.1, -0.05) is 44.2 Å². The fourth-order valence-electron chi connectivity index (χ4n) is 5.05. The molecule has 2 unspecified atom stereocenters. The summed E-state index contributed by atoms with van der Waals surface area (Å²) in [5.74, 6) is 0.460. The quantitative estimate of drug-likeness (QED) is 0.458. The minimum Gasteiger partial charge on any atom is -0.493 e. The fraction of sp³-hybridized carbons (Fsp3) is 0.640. The molecule has 198 valence electrons. The van der Waals surface area contributed by atoms with E-state index in [1.54, 1.807) is 6.92 Å². The van der Waals surface area contributed by atoms with E-state index in [1.807, 2.05) is 4.90 Å². The Morgan fingerprint density at radius 1 is 1.25 bits per heavy atom. The largest absolute Gasteiger partial charge is 0.493 e. The highest BCUT2D eigenvalue weighted by Gasteiger charge is 2.37. The summed E-state index contributed by atoms with van der Waals surface area (Å²) in [5.41, 5.74) is 5.46. The van der Waals surface area contributed by atoms with Crippen molar-refractivity contribution in [1.29, 1.82) is 0 Å². The second-order valence-electron chi connectivity index (χ2n) is 9.57. The molecule has 2 aliphatic rings. The molecule has 1 aliphatic carbocycles. The van der Waals surface area contributed by atoms with Crippen molar-refractivity contribution in [2.75, 3.05) is 13.2 Å². The van der Waals surface area contributed by atoms with Crippen molar-refractivity contribution in [1.82, 2.24) is 20.4 Å². The van der Waals surface area contributed by atoms with Crippen molar-refractivity contribution < 1.29 is 27.2 Å². The van der Waals surface area contributed by atoms with Crippen LogP contribution in [-0.4, -0.2) is 40.4 Å². The molecule has 1 aromatic heterocycles. The number of hydrogen-bond acceptors (Lipinski definition) is 7. The SMILES string of the molecule is CCC(=O)NC(N)N1CCCC1c1nc(-c2ccc(OCCC3CCCCC3)c(C(F)(F)F)c2)no1. The summed E-state index contributed by atoms with van der Waals surface area (Å²) < 4.78 is 52.6. The minimum absolute atomic E-state index is 0.0577. The molecule has 2 heterocycles. The molecule has 3 N–H and O–H groups in total. The zero-order valence-corrected chi connectivity index (χ0v) is 20.5. The highest BCUT2D eigenvalue weighted by Crippen LogP contribution is 2.39. The zero-order valence-electron chi connectivity index (χ0n) is 20.5. The first-order valence-electron chi connectivity index (χ1n) is 12.7. The van der Waals surface area contributed by atoms with Crippen LogP contribution in [0.15, 0.2) is 22.7 Å². The maximum Gasteiger partial charge on any atom is 0.419 e. The van der Waals surface area contributed by atoms with Gasteiger partial charge >= 0.3 is 6.18 Å². The Hall–Kier alpha value is -2.66. The average Bonchev–Trinajstić information content (AvgIpc) is 3.54. The van der Waals surface area contributed by atoms with Crippen LogP contribution in [0.1, 0.15) is 82.2 Å². The highest BCUT2D eigenvalue weighted by atomic mass is 19.4. The number of ether oxygens (including phenoxy) is 1. The Bertz CT molecular complexity index is 1020. The lowest BCUT2D eigenvalue weighted by Gasteiger charge is -2.28. The summed E-state index contributed by atoms with van der Waals surface area (Å²) in [6.45, 7) is 2.61. The maximum atomic E-state index is 13.9. The van der Waals surface area contributed by atoms with Gasteiger partial charge in [-0.3, -0.25) is 15.4 Å². The molecule has 1 saturated heterocycles. The van der Waals surface area contributed by atoms with Gasteiger partial charge in [0.05, 0.1) is 18.2 Å². The molecule has 0 bridgehead atoms. The van der Waals surface area contributed by atoms with Gasteiger partial charge in [-0.25, -0.2) is 0 Å². The Balaban J connectivity index is 1.47. The summed E-state index contributed by atoms with van der Waals surface area (Å²) >= 11 is 0. The molecule has 11 heteroatoms. The molecule has 1 aromatic carbocycles. The predicted octanol–water partition coefficient (Wildman–Crippen LogP) is 5.01. The molecule has 0 radical (unpaired) electrons. The van der Waals surface area contributed by atoms with E-state index in [4.69, 9.17) is 15.0 Å². The molecule has 2 aromatic rings. The highest BCUT2D eigenvalue weighted by molar-refractivity contribution is 5.75. The topological polar surface area (TPSA) is 107 Å². The number of amides is 1. The molecule has 4 rings (SSSR count). The van der Waals surface area contributed by atoms with Crippen LogP contribution in [0.4, 0.5) is 13.2 Å². The number of rotatable bonds is 9. The van der Waals surface area contributed by atoms with E-state index >= 15 is 0 Å². The van der Waals surface area contributed by atoms with E-state index in [1.165, 1.54) is 31.4 Å². The maximum absolute atomic E-state index is 13.9. The third-order valence-electron chi connectivity index (χ3n) is 7.06. The first-order chi connectivity index (χ1) is 17.3. The van der Waals surface area contributed by atoms with Crippen molar-refractivity contribution in [3.05, 3.63) is 29.7 Å². The first kappa shape index (κ1) is 26.4. The molecule has 1 saturated carbocycles. The number of nitrogens with two attached hydrogens (primary N) is 1. The third kappa shape index (κ3) is 6.36. The number of alkyl halides is 3. The number of carbonyl (C=O) groups excluding carboxylic acids is 1. The van der Waals surface area contributed by atoms with Crippen LogP contribution in [-0.2, 0) is 11.0 Å². The molecule has 0 spiro atoms. The molecule has 36 heavy (non-hydrogen) atoms. The number of hydrogen-bond donors (Lipinski definition) is 2. The Morgan fingerprint density at radius 2 is 2.03 bits per heavy atom. The molecule has 1 amide bonds. The van der Waals surface area contributed by atoms with Crippen molar-refractivity contribution >= 4 is 5.91 Å². The number of likely N-dealkylation sites (tertiary alicyclic amines) is 1. The Labute approximate surface area is 208 Å². The van der Waals surface area contributed by atoms with Crippen molar-refractivity contribution in [2.24, 2.45) is 11.7 Å². The lowest BCUT2D eigenvalue weighted by atomic mass is 9.87. The third-order valence-corrected chi connectivity index (χ3v) is 7.06. The number of nitrogens with one attached hydrogen (secondary N) is 1. The van der Waals surface area contributed by atoms with Crippen LogP contribution in [0.5, 0.6) is 5.75 Å². The van der Waals surface area contributed by atoms with Crippen LogP contribution in [0.2, 0.25) is 0 Å². The summed E-state index contributed by atoms with van der Waals surface area (Å²) in [7, 11) is 0. The van der Waals surface area contributed by atoms with Gasteiger partial charge in [0, 0.05) is 18.5 Å². The average molecular weight is 510 g/mol. The number of halogens is 3. The standard InChI is InChI=1S/C25H34F3N5O3/c1-2-21(34)30-24(29)33-13-6-9-19(33)23-31-22(32-36-23)17-10-11-20(18(15-17)25(26,27)28)35-14-12-16-7-4-3-5-8-16/h10-11,15-16,19,24H,2-9,12-14,29H2,1H3,(H,30,34). The molecule has 8 nitrogen and oxygen atoms in total. The van der Waals surface area contributed by atoms with Crippen molar-refractivity contribution in [2.45, 2.75) is 83.2 Å². The van der Waals surface area contributed by atoms with Gasteiger partial charge in [-0.05, 0) is 43.4 Å². The van der Waals surface area contributed by atoms with E-state index in [2.05, 4.69) is 15.5 Å². The van der Waals surface area contributed by atoms with Crippen LogP contribution >= 0.6 is 0 Å². The van der Waals surface area contributed by atoms with E-state index in [0.717, 1.165) is 31.7 Å². The van der Waals surface area contributed by atoms with Gasteiger partial charge < -0.3 is 14.6 Å². The summed E-state index contributed by atoms with van der Waals surface area (Å²) in [5, 5.41) is 6.64. The van der Waals surface area contributed by atoms with E-state index in [9.17, 15) is 18.0 Å². The van der Waals surface area contributed by atoms with Gasteiger partial charge in [0.1, 0.15) is 12.0 Å². The van der Waals surface area contributed by atoms with Crippen LogP contribution in [0.3, 0.4) is 0 Å². The second kappa shape index (κ2) is 11.6. The molecular weight excluding hydrogens is 475 g/mol. The first-order valence-corrected chi connectivity index (χ1v) is 12.7. The molecule has 1 aliphatic heterocycles. The minimum atomic E-state index is -4.59. The summed E-state index contributed by atoms with van der Waals surface area (Å²) in [6, 6.07) is 3.51. The monoisotopic (exact) mass is 509 g/mol. The van der Waals surface area contributed by atoms with Gasteiger partial charge in [-0.15, -0.1) is 0 Å². The normalized spacial score (nSPS) is 20.4. The number of aromatic nitrogens is 2. The van der Waals surface area contributed by atoms with E-state index in [0.29, 0.717) is 25.3 Å². The number of carbonyl (C=O) groups is 1. The van der Waals surface area contributed by atoms with Crippen LogP contribution in [0, 0.1) is 5.92 Å². The van der Waals surface area contributed by atoms with E-state index < -0.39 is 18.0 Å². The molecule has 2 atom stereocenters. The van der Waals surface area contributed by atoms with Crippen molar-refractivity contribution in [3.63, 3.8) is 0 Å². The van der Waals surface area contributed by atoms with E-state index in [-0.39, 0.29) is 41.6 Å². The predicted molar refractivity (Wildman–Crippen MR) is 127 cm³/mol. The number of benzene rings is 1. The Kier molecular flexibility index (Phi) is 8.50. The molecular formula is C25H34F3N5O3. The second-order valence-corrected chi connectivity index (χ2v) is 9.57. The number of nitrogens with zero attached hydrogens (tertiary/aromatic N) is 3. The molecule has 2 fully saturated rings. The van der Waals surface area contributed by atoms with Gasteiger partial charge in [0.25, 0.3) is 0 Å². The summed E-state index contributed by atoms with van der Waals surface area (Å²) in [4.78, 5) is 17.9. The van der Waals surface area contributed by atoms with Crippen LogP contribution < -0.4 is 15.8 Å². The van der Waals surface area contributed by atoms with Crippen LogP contribution in [0.25, 0.3) is 11.4 Å². The van der Waals surface area contributed by atoms with Gasteiger partial charge in [0.15, 0.2) is 0 Å². The van der Waals surface area contributed by atoms with Crippen molar-refractivity contribution in [3.8, 4) is 17.1 Å². The smallest absolute Gasteiger partial charge is 0.419 e. The lowest BCUT2D eigenvalue weighted by Crippen LogP contribution is -2.53. The Morgan fingerprint density at radius 3 is 2.75 bits per heavy atom. The van der Waals surface area contributed by atoms with Gasteiger partial charge in [0.2, 0.25) is 17.6 Å². The van der Waals surface area contributed by atoms with Gasteiger partial charge in [-0.2, -0.15) is 18.2 Å². The zero-order chi connectivity index (χ0) is 25.7. The summed E-state index contributed by atoms with van der Waals surface area (Å²) in [6.07, 6.45) is 3.06.